The number of hydrogen-bond acceptors (Lipinski definition) is 4. The average molecular weight is 300 g/mol. The molecule has 0 bridgehead atoms. The summed E-state index contributed by atoms with van der Waals surface area (Å²) in [6, 6.07) is 6.67. The van der Waals surface area contributed by atoms with Gasteiger partial charge in [0.25, 0.3) is 0 Å². The van der Waals surface area contributed by atoms with E-state index in [4.69, 9.17) is 0 Å². The molecule has 0 aromatic heterocycles. The quantitative estimate of drug-likeness (QED) is 0.790. The Hall–Kier alpha value is -2.43. The minimum Gasteiger partial charge on any atom is -0.380 e. The second-order valence-corrected chi connectivity index (χ2v) is 5.14. The summed E-state index contributed by atoms with van der Waals surface area (Å²) in [6.07, 6.45) is 2.09. The molecule has 5 heteroatoms. The molecular weight excluding hydrogens is 280 g/mol. The zero-order valence-corrected chi connectivity index (χ0v) is 12.9. The number of carbonyl (C=O) groups excluding carboxylic acids is 3. The lowest BCUT2D eigenvalue weighted by Gasteiger charge is -2.22. The van der Waals surface area contributed by atoms with Gasteiger partial charge in [0.1, 0.15) is 11.4 Å². The van der Waals surface area contributed by atoms with Crippen molar-refractivity contribution in [3.05, 3.63) is 46.8 Å². The molecule has 22 heavy (non-hydrogen) atoms. The topological polar surface area (TPSA) is 75.3 Å². The number of fused-ring (bicyclic) bond motifs is 1. The number of nitrogens with one attached hydrogen (secondary N) is 2. The van der Waals surface area contributed by atoms with Crippen LogP contribution in [0.15, 0.2) is 35.7 Å². The van der Waals surface area contributed by atoms with Crippen LogP contribution in [0.2, 0.25) is 0 Å². The maximum atomic E-state index is 12.6. The maximum absolute atomic E-state index is 12.6. The van der Waals surface area contributed by atoms with Gasteiger partial charge in [0.15, 0.2) is 0 Å². The van der Waals surface area contributed by atoms with E-state index in [2.05, 4.69) is 10.6 Å². The van der Waals surface area contributed by atoms with Gasteiger partial charge in [-0.3, -0.25) is 14.4 Å². The Morgan fingerprint density at radius 1 is 1.00 bits per heavy atom. The summed E-state index contributed by atoms with van der Waals surface area (Å²) >= 11 is 0. The Labute approximate surface area is 129 Å². The second-order valence-electron chi connectivity index (χ2n) is 5.14. The lowest BCUT2D eigenvalue weighted by atomic mass is 9.90. The molecule has 0 unspecified atom stereocenters. The smallest absolute Gasteiger partial charge is 0.224 e. The Bertz CT molecular complexity index is 647. The third-order valence-corrected chi connectivity index (χ3v) is 3.54. The van der Waals surface area contributed by atoms with Crippen molar-refractivity contribution in [3.8, 4) is 0 Å². The molecule has 1 aliphatic carbocycles. The molecule has 116 valence electrons. The van der Waals surface area contributed by atoms with Gasteiger partial charge < -0.3 is 10.6 Å². The molecule has 1 aliphatic rings. The van der Waals surface area contributed by atoms with E-state index in [0.29, 0.717) is 17.7 Å². The number of ketones is 2. The van der Waals surface area contributed by atoms with Crippen molar-refractivity contribution in [2.75, 3.05) is 6.54 Å². The van der Waals surface area contributed by atoms with Gasteiger partial charge >= 0.3 is 0 Å². The summed E-state index contributed by atoms with van der Waals surface area (Å²) < 4.78 is 0. The van der Waals surface area contributed by atoms with Crippen molar-refractivity contribution in [2.24, 2.45) is 0 Å². The molecular formula is C17H20N2O3. The Kier molecular flexibility index (Phi) is 5.09. The summed E-state index contributed by atoms with van der Waals surface area (Å²) in [4.78, 5) is 36.9. The highest BCUT2D eigenvalue weighted by atomic mass is 16.2. The number of unbranched alkanes of at least 4 members (excludes halogenated alkanes) is 1. The van der Waals surface area contributed by atoms with E-state index in [-0.39, 0.29) is 35.3 Å². The number of Topliss-reactive ketones (excluding diaryl/α,β-unsaturated/α-hetero) is 2. The molecule has 2 N–H and O–H groups in total. The SMILES string of the molecule is CCCCNC1=C(NC(=O)CC)C(=O)c2ccccc2C1=O. The van der Waals surface area contributed by atoms with Gasteiger partial charge in [0.05, 0.1) is 0 Å². The largest absolute Gasteiger partial charge is 0.380 e. The molecule has 2 rings (SSSR count). The molecule has 0 heterocycles. The first-order valence-electron chi connectivity index (χ1n) is 7.56. The van der Waals surface area contributed by atoms with E-state index in [1.165, 1.54) is 0 Å². The molecule has 1 amide bonds. The molecule has 0 saturated heterocycles. The van der Waals surface area contributed by atoms with E-state index < -0.39 is 0 Å². The first kappa shape index (κ1) is 15.9. The van der Waals surface area contributed by atoms with Crippen LogP contribution in [-0.2, 0) is 4.79 Å². The zero-order chi connectivity index (χ0) is 16.1. The van der Waals surface area contributed by atoms with E-state index in [1.807, 2.05) is 6.92 Å². The number of benzene rings is 1. The Morgan fingerprint density at radius 2 is 1.59 bits per heavy atom. The first-order chi connectivity index (χ1) is 10.6. The normalized spacial score (nSPS) is 13.9. The van der Waals surface area contributed by atoms with Crippen molar-refractivity contribution in [1.29, 1.82) is 0 Å². The lowest BCUT2D eigenvalue weighted by molar-refractivity contribution is -0.120. The van der Waals surface area contributed by atoms with Crippen LogP contribution in [0.1, 0.15) is 53.8 Å². The molecule has 0 radical (unpaired) electrons. The molecule has 0 atom stereocenters. The fourth-order valence-electron chi connectivity index (χ4n) is 2.28. The van der Waals surface area contributed by atoms with Crippen molar-refractivity contribution >= 4 is 17.5 Å². The molecule has 0 saturated carbocycles. The van der Waals surface area contributed by atoms with Crippen molar-refractivity contribution in [3.63, 3.8) is 0 Å². The minimum atomic E-state index is -0.323. The molecule has 1 aromatic rings. The van der Waals surface area contributed by atoms with Crippen molar-refractivity contribution < 1.29 is 14.4 Å². The molecule has 1 aromatic carbocycles. The van der Waals surface area contributed by atoms with Gasteiger partial charge in [0, 0.05) is 24.1 Å². The highest BCUT2D eigenvalue weighted by Gasteiger charge is 2.32. The first-order valence-corrected chi connectivity index (χ1v) is 7.56. The zero-order valence-electron chi connectivity index (χ0n) is 12.9. The number of allylic oxidation sites excluding steroid dienone is 2. The van der Waals surface area contributed by atoms with Crippen LogP contribution in [0, 0.1) is 0 Å². The summed E-state index contributed by atoms with van der Waals surface area (Å²) in [5.41, 5.74) is 0.964. The van der Waals surface area contributed by atoms with Crippen LogP contribution >= 0.6 is 0 Å². The van der Waals surface area contributed by atoms with Gasteiger partial charge in [0.2, 0.25) is 17.5 Å². The molecule has 0 aliphatic heterocycles. The van der Waals surface area contributed by atoms with Crippen LogP contribution in [0.4, 0.5) is 0 Å². The third kappa shape index (κ3) is 3.08. The Balaban J connectivity index is 2.43. The molecule has 0 fully saturated rings. The van der Waals surface area contributed by atoms with Gasteiger partial charge in [-0.15, -0.1) is 0 Å². The lowest BCUT2D eigenvalue weighted by Crippen LogP contribution is -2.38. The van der Waals surface area contributed by atoms with E-state index in [9.17, 15) is 14.4 Å². The molecule has 5 nitrogen and oxygen atoms in total. The fraction of sp³-hybridized carbons (Fsp3) is 0.353. The highest BCUT2D eigenvalue weighted by molar-refractivity contribution is 6.27. The number of carbonyl (C=O) groups is 3. The van der Waals surface area contributed by atoms with Gasteiger partial charge in [-0.25, -0.2) is 0 Å². The van der Waals surface area contributed by atoms with Gasteiger partial charge in [-0.05, 0) is 6.42 Å². The summed E-state index contributed by atoms with van der Waals surface area (Å²) in [5, 5.41) is 5.59. The number of hydrogen-bond donors (Lipinski definition) is 2. The fourth-order valence-corrected chi connectivity index (χ4v) is 2.28. The van der Waals surface area contributed by atoms with Gasteiger partial charge in [-0.1, -0.05) is 44.5 Å². The van der Waals surface area contributed by atoms with Gasteiger partial charge in [-0.2, -0.15) is 0 Å². The van der Waals surface area contributed by atoms with E-state index in [1.54, 1.807) is 31.2 Å². The monoisotopic (exact) mass is 300 g/mol. The highest BCUT2D eigenvalue weighted by Crippen LogP contribution is 2.23. The summed E-state index contributed by atoms with van der Waals surface area (Å²) in [7, 11) is 0. The van der Waals surface area contributed by atoms with Crippen LogP contribution < -0.4 is 10.6 Å². The third-order valence-electron chi connectivity index (χ3n) is 3.54. The van der Waals surface area contributed by atoms with Crippen LogP contribution in [0.25, 0.3) is 0 Å². The Morgan fingerprint density at radius 3 is 2.14 bits per heavy atom. The van der Waals surface area contributed by atoms with Crippen LogP contribution in [0.5, 0.6) is 0 Å². The van der Waals surface area contributed by atoms with E-state index in [0.717, 1.165) is 12.8 Å². The average Bonchev–Trinajstić information content (AvgIpc) is 2.54. The van der Waals surface area contributed by atoms with E-state index >= 15 is 0 Å². The molecule has 0 spiro atoms. The summed E-state index contributed by atoms with van der Waals surface area (Å²) in [6.45, 7) is 4.32. The van der Waals surface area contributed by atoms with Crippen LogP contribution in [-0.4, -0.2) is 24.0 Å². The standard InChI is InChI=1S/C17H20N2O3/c1-3-5-10-18-14-15(19-13(20)4-2)17(22)12-9-7-6-8-11(12)16(14)21/h6-9,18H,3-5,10H2,1-2H3,(H,19,20). The predicted octanol–water partition coefficient (Wildman–Crippen LogP) is 2.19. The van der Waals surface area contributed by atoms with Crippen LogP contribution in [0.3, 0.4) is 0 Å². The number of rotatable bonds is 6. The minimum absolute atomic E-state index is 0.0617. The number of amides is 1. The summed E-state index contributed by atoms with van der Waals surface area (Å²) in [5.74, 6) is -0.862. The predicted molar refractivity (Wildman–Crippen MR) is 83.5 cm³/mol. The maximum Gasteiger partial charge on any atom is 0.224 e. The van der Waals surface area contributed by atoms with Crippen molar-refractivity contribution in [2.45, 2.75) is 33.1 Å². The second kappa shape index (κ2) is 7.02. The van der Waals surface area contributed by atoms with Crippen molar-refractivity contribution in [1.82, 2.24) is 10.6 Å².